The predicted molar refractivity (Wildman–Crippen MR) is 99.2 cm³/mol. The van der Waals surface area contributed by atoms with Gasteiger partial charge in [-0.1, -0.05) is 35.9 Å². The van der Waals surface area contributed by atoms with Crippen LogP contribution in [0.4, 0.5) is 10.1 Å². The second kappa shape index (κ2) is 6.92. The molecule has 1 N–H and O–H groups in total. The van der Waals surface area contributed by atoms with Crippen molar-refractivity contribution in [1.29, 1.82) is 0 Å². The Morgan fingerprint density at radius 3 is 2.42 bits per heavy atom. The Labute approximate surface area is 152 Å². The molecule has 1 heterocycles. The van der Waals surface area contributed by atoms with Gasteiger partial charge in [0.2, 0.25) is 0 Å². The summed E-state index contributed by atoms with van der Waals surface area (Å²) in [7, 11) is -3.74. The van der Waals surface area contributed by atoms with Gasteiger partial charge in [0.15, 0.2) is 0 Å². The van der Waals surface area contributed by atoms with E-state index < -0.39 is 10.0 Å². The van der Waals surface area contributed by atoms with Crippen molar-refractivity contribution in [3.8, 4) is 0 Å². The van der Waals surface area contributed by atoms with Crippen LogP contribution in [0.5, 0.6) is 0 Å². The highest BCUT2D eigenvalue weighted by molar-refractivity contribution is 7.92. The normalized spacial score (nSPS) is 11.5. The van der Waals surface area contributed by atoms with Gasteiger partial charge in [-0.05, 0) is 38.0 Å². The Kier molecular flexibility index (Phi) is 4.82. The lowest BCUT2D eigenvalue weighted by molar-refractivity contribution is 0.585. The number of aryl methyl sites for hydroxylation is 3. The van der Waals surface area contributed by atoms with Crippen LogP contribution >= 0.6 is 0 Å². The molecule has 2 aromatic carbocycles. The first-order valence-corrected chi connectivity index (χ1v) is 9.61. The van der Waals surface area contributed by atoms with E-state index in [1.807, 2.05) is 19.1 Å². The largest absolute Gasteiger partial charge is 0.276 e. The fourth-order valence-corrected chi connectivity index (χ4v) is 4.58. The zero-order chi connectivity index (χ0) is 18.9. The average molecular weight is 373 g/mol. The van der Waals surface area contributed by atoms with Crippen LogP contribution in [0, 0.1) is 26.6 Å². The Bertz CT molecular complexity index is 1040. The number of rotatable bonds is 5. The van der Waals surface area contributed by atoms with Crippen LogP contribution < -0.4 is 4.72 Å². The highest BCUT2D eigenvalue weighted by Gasteiger charge is 2.20. The fourth-order valence-electron chi connectivity index (χ4n) is 3.10. The first-order chi connectivity index (χ1) is 12.3. The van der Waals surface area contributed by atoms with Crippen molar-refractivity contribution in [2.75, 3.05) is 4.72 Å². The molecule has 7 heteroatoms. The van der Waals surface area contributed by atoms with Crippen LogP contribution in [0.2, 0.25) is 0 Å². The third-order valence-corrected chi connectivity index (χ3v) is 5.73. The number of anilines is 1. The fraction of sp³-hybridized carbons (Fsp3) is 0.211. The smallest absolute Gasteiger partial charge is 0.262 e. The molecule has 0 aliphatic heterocycles. The maximum absolute atomic E-state index is 13.7. The SMILES string of the molecule is Cc1cc(C)c(S(=O)(=O)Nc2cnn(Cc3ccccc3F)c2)c(C)c1. The van der Waals surface area contributed by atoms with Crippen LogP contribution in [0.25, 0.3) is 0 Å². The van der Waals surface area contributed by atoms with E-state index in [-0.39, 0.29) is 17.3 Å². The maximum atomic E-state index is 13.7. The van der Waals surface area contributed by atoms with Crippen LogP contribution in [0.3, 0.4) is 0 Å². The Morgan fingerprint density at radius 2 is 1.77 bits per heavy atom. The number of sulfonamides is 1. The molecule has 0 aliphatic rings. The van der Waals surface area contributed by atoms with Crippen molar-refractivity contribution < 1.29 is 12.8 Å². The molecule has 0 spiro atoms. The third-order valence-electron chi connectivity index (χ3n) is 4.05. The predicted octanol–water partition coefficient (Wildman–Crippen LogP) is 3.80. The van der Waals surface area contributed by atoms with Gasteiger partial charge < -0.3 is 0 Å². The van der Waals surface area contributed by atoms with E-state index in [9.17, 15) is 12.8 Å². The molecule has 3 rings (SSSR count). The van der Waals surface area contributed by atoms with Crippen molar-refractivity contribution in [3.63, 3.8) is 0 Å². The molecular formula is C19H20FN3O2S. The van der Waals surface area contributed by atoms with Gasteiger partial charge in [-0.25, -0.2) is 12.8 Å². The lowest BCUT2D eigenvalue weighted by Crippen LogP contribution is -2.15. The van der Waals surface area contributed by atoms with Gasteiger partial charge in [0.05, 0.1) is 23.3 Å². The van der Waals surface area contributed by atoms with Gasteiger partial charge >= 0.3 is 0 Å². The van der Waals surface area contributed by atoms with E-state index in [0.29, 0.717) is 22.4 Å². The lowest BCUT2D eigenvalue weighted by Gasteiger charge is -2.12. The van der Waals surface area contributed by atoms with Crippen LogP contribution in [-0.2, 0) is 16.6 Å². The topological polar surface area (TPSA) is 64.0 Å². The highest BCUT2D eigenvalue weighted by Crippen LogP contribution is 2.24. The highest BCUT2D eigenvalue weighted by atomic mass is 32.2. The van der Waals surface area contributed by atoms with Crippen LogP contribution in [0.1, 0.15) is 22.3 Å². The summed E-state index contributed by atoms with van der Waals surface area (Å²) in [6.07, 6.45) is 2.96. The molecule has 0 aliphatic carbocycles. The first-order valence-electron chi connectivity index (χ1n) is 8.13. The summed E-state index contributed by atoms with van der Waals surface area (Å²) in [5, 5.41) is 4.11. The summed E-state index contributed by atoms with van der Waals surface area (Å²) in [4.78, 5) is 0.268. The second-order valence-corrected chi connectivity index (χ2v) is 7.97. The van der Waals surface area contributed by atoms with E-state index in [2.05, 4.69) is 9.82 Å². The number of aromatic nitrogens is 2. The van der Waals surface area contributed by atoms with E-state index in [1.54, 1.807) is 38.2 Å². The number of hydrogen-bond acceptors (Lipinski definition) is 3. The quantitative estimate of drug-likeness (QED) is 0.740. The van der Waals surface area contributed by atoms with E-state index in [4.69, 9.17) is 0 Å². The molecule has 0 atom stereocenters. The molecule has 0 amide bonds. The van der Waals surface area contributed by atoms with Crippen LogP contribution in [0.15, 0.2) is 53.7 Å². The zero-order valence-electron chi connectivity index (χ0n) is 14.8. The van der Waals surface area contributed by atoms with Crippen molar-refractivity contribution in [3.05, 3.63) is 76.9 Å². The van der Waals surface area contributed by atoms with Crippen molar-refractivity contribution in [2.45, 2.75) is 32.2 Å². The first kappa shape index (κ1) is 18.1. The molecule has 0 saturated carbocycles. The van der Waals surface area contributed by atoms with E-state index in [0.717, 1.165) is 5.56 Å². The average Bonchev–Trinajstić information content (AvgIpc) is 2.94. The van der Waals surface area contributed by atoms with Crippen molar-refractivity contribution >= 4 is 15.7 Å². The molecule has 1 aromatic heterocycles. The molecule has 3 aromatic rings. The van der Waals surface area contributed by atoms with Crippen molar-refractivity contribution in [2.24, 2.45) is 0 Å². The molecule has 0 unspecified atom stereocenters. The third kappa shape index (κ3) is 3.77. The molecule has 5 nitrogen and oxygen atoms in total. The number of nitrogens with one attached hydrogen (secondary N) is 1. The second-order valence-electron chi connectivity index (χ2n) is 6.35. The number of halogens is 1. The summed E-state index contributed by atoms with van der Waals surface area (Å²) in [5.74, 6) is -0.323. The summed E-state index contributed by atoms with van der Waals surface area (Å²) >= 11 is 0. The zero-order valence-corrected chi connectivity index (χ0v) is 15.6. The summed E-state index contributed by atoms with van der Waals surface area (Å²) in [5.41, 5.74) is 3.20. The van der Waals surface area contributed by atoms with Gasteiger partial charge in [0.25, 0.3) is 10.0 Å². The Hall–Kier alpha value is -2.67. The van der Waals surface area contributed by atoms with E-state index >= 15 is 0 Å². The van der Waals surface area contributed by atoms with Crippen molar-refractivity contribution in [1.82, 2.24) is 9.78 Å². The number of hydrogen-bond donors (Lipinski definition) is 1. The molecule has 0 bridgehead atoms. The maximum Gasteiger partial charge on any atom is 0.262 e. The van der Waals surface area contributed by atoms with E-state index in [1.165, 1.54) is 16.9 Å². The molecule has 0 saturated heterocycles. The van der Waals surface area contributed by atoms with Crippen LogP contribution in [-0.4, -0.2) is 18.2 Å². The number of benzene rings is 2. The molecule has 136 valence electrons. The minimum Gasteiger partial charge on any atom is -0.276 e. The monoisotopic (exact) mass is 373 g/mol. The standard InChI is InChI=1S/C19H20FN3O2S/c1-13-8-14(2)19(15(3)9-13)26(24,25)22-17-10-21-23(12-17)11-16-6-4-5-7-18(16)20/h4-10,12,22H,11H2,1-3H3. The van der Waals surface area contributed by atoms with Gasteiger partial charge in [-0.15, -0.1) is 0 Å². The molecule has 26 heavy (non-hydrogen) atoms. The summed E-state index contributed by atoms with van der Waals surface area (Å²) in [6.45, 7) is 5.69. The van der Waals surface area contributed by atoms with Gasteiger partial charge in [-0.3, -0.25) is 9.40 Å². The molecular weight excluding hydrogens is 353 g/mol. The Balaban J connectivity index is 1.84. The Morgan fingerprint density at radius 1 is 1.12 bits per heavy atom. The van der Waals surface area contributed by atoms with Gasteiger partial charge in [0, 0.05) is 11.8 Å². The summed E-state index contributed by atoms with van der Waals surface area (Å²) < 4.78 is 43.3. The lowest BCUT2D eigenvalue weighted by atomic mass is 10.1. The summed E-state index contributed by atoms with van der Waals surface area (Å²) in [6, 6.07) is 10.1. The van der Waals surface area contributed by atoms with Gasteiger partial charge in [-0.2, -0.15) is 5.10 Å². The number of nitrogens with zero attached hydrogens (tertiary/aromatic N) is 2. The minimum absolute atomic E-state index is 0.219. The molecule has 0 fully saturated rings. The minimum atomic E-state index is -3.74. The molecule has 0 radical (unpaired) electrons. The van der Waals surface area contributed by atoms with Gasteiger partial charge in [0.1, 0.15) is 5.82 Å².